The van der Waals surface area contributed by atoms with Crippen molar-refractivity contribution in [1.29, 1.82) is 5.26 Å². The molecule has 0 unspecified atom stereocenters. The van der Waals surface area contributed by atoms with Crippen molar-refractivity contribution in [3.63, 3.8) is 0 Å². The lowest BCUT2D eigenvalue weighted by atomic mass is 10.1. The average molecular weight is 266 g/mol. The van der Waals surface area contributed by atoms with Crippen molar-refractivity contribution in [2.75, 3.05) is 11.4 Å². The SMILES string of the molecule is CCN(C(=O)c1ccc(C#N)cc1)c1cccc(O)c1. The molecule has 2 aromatic carbocycles. The first-order valence-electron chi connectivity index (χ1n) is 6.26. The number of nitriles is 1. The summed E-state index contributed by atoms with van der Waals surface area (Å²) in [5, 5.41) is 18.3. The number of carbonyl (C=O) groups excluding carboxylic acids is 1. The van der Waals surface area contributed by atoms with Gasteiger partial charge < -0.3 is 10.0 Å². The molecular formula is C16H14N2O2. The Hall–Kier alpha value is -2.80. The van der Waals surface area contributed by atoms with Gasteiger partial charge in [-0.25, -0.2) is 0 Å². The Bertz CT molecular complexity index is 657. The highest BCUT2D eigenvalue weighted by molar-refractivity contribution is 6.06. The normalized spacial score (nSPS) is 9.80. The predicted molar refractivity (Wildman–Crippen MR) is 76.6 cm³/mol. The summed E-state index contributed by atoms with van der Waals surface area (Å²) < 4.78 is 0. The number of aromatic hydroxyl groups is 1. The van der Waals surface area contributed by atoms with Gasteiger partial charge in [-0.15, -0.1) is 0 Å². The molecule has 0 saturated carbocycles. The maximum Gasteiger partial charge on any atom is 0.258 e. The number of hydrogen-bond donors (Lipinski definition) is 1. The summed E-state index contributed by atoms with van der Waals surface area (Å²) in [5.41, 5.74) is 1.66. The van der Waals surface area contributed by atoms with E-state index in [-0.39, 0.29) is 11.7 Å². The first-order valence-corrected chi connectivity index (χ1v) is 6.26. The number of rotatable bonds is 3. The Morgan fingerprint density at radius 3 is 2.50 bits per heavy atom. The Kier molecular flexibility index (Phi) is 4.02. The first-order chi connectivity index (χ1) is 9.65. The van der Waals surface area contributed by atoms with Gasteiger partial charge >= 0.3 is 0 Å². The van der Waals surface area contributed by atoms with E-state index in [9.17, 15) is 9.90 Å². The first kappa shape index (κ1) is 13.6. The van der Waals surface area contributed by atoms with Crippen LogP contribution in [0, 0.1) is 11.3 Å². The highest BCUT2D eigenvalue weighted by atomic mass is 16.3. The Morgan fingerprint density at radius 1 is 1.25 bits per heavy atom. The summed E-state index contributed by atoms with van der Waals surface area (Å²) in [7, 11) is 0. The third-order valence-corrected chi connectivity index (χ3v) is 2.96. The van der Waals surface area contributed by atoms with Gasteiger partial charge in [0, 0.05) is 23.9 Å². The monoisotopic (exact) mass is 266 g/mol. The van der Waals surface area contributed by atoms with E-state index in [1.165, 1.54) is 0 Å². The average Bonchev–Trinajstić information content (AvgIpc) is 2.48. The number of amides is 1. The van der Waals surface area contributed by atoms with Crippen LogP contribution < -0.4 is 4.90 Å². The highest BCUT2D eigenvalue weighted by Crippen LogP contribution is 2.21. The fraction of sp³-hybridized carbons (Fsp3) is 0.125. The molecule has 0 saturated heterocycles. The topological polar surface area (TPSA) is 64.3 Å². The zero-order valence-corrected chi connectivity index (χ0v) is 11.1. The molecule has 4 nitrogen and oxygen atoms in total. The van der Waals surface area contributed by atoms with E-state index in [0.717, 1.165) is 0 Å². The van der Waals surface area contributed by atoms with Gasteiger partial charge in [-0.1, -0.05) is 6.07 Å². The summed E-state index contributed by atoms with van der Waals surface area (Å²) in [6, 6.07) is 15.1. The second-order valence-corrected chi connectivity index (χ2v) is 4.26. The summed E-state index contributed by atoms with van der Waals surface area (Å²) >= 11 is 0. The second kappa shape index (κ2) is 5.89. The standard InChI is InChI=1S/C16H14N2O2/c1-2-18(14-4-3-5-15(19)10-14)16(20)13-8-6-12(11-17)7-9-13/h3-10,19H,2H2,1H3. The number of anilines is 1. The third kappa shape index (κ3) is 2.78. The predicted octanol–water partition coefficient (Wildman–Crippen LogP) is 2.93. The van der Waals surface area contributed by atoms with Gasteiger partial charge in [0.05, 0.1) is 11.6 Å². The van der Waals surface area contributed by atoms with Crippen molar-refractivity contribution in [2.24, 2.45) is 0 Å². The van der Waals surface area contributed by atoms with Crippen molar-refractivity contribution in [2.45, 2.75) is 6.92 Å². The zero-order valence-electron chi connectivity index (χ0n) is 11.1. The smallest absolute Gasteiger partial charge is 0.258 e. The van der Waals surface area contributed by atoms with E-state index in [1.807, 2.05) is 13.0 Å². The molecule has 0 fully saturated rings. The Morgan fingerprint density at radius 2 is 1.95 bits per heavy atom. The molecule has 0 radical (unpaired) electrons. The number of phenols is 1. The van der Waals surface area contributed by atoms with Crippen molar-refractivity contribution < 1.29 is 9.90 Å². The second-order valence-electron chi connectivity index (χ2n) is 4.26. The van der Waals surface area contributed by atoms with Crippen molar-refractivity contribution in [3.05, 3.63) is 59.7 Å². The van der Waals surface area contributed by atoms with Crippen LogP contribution in [0.25, 0.3) is 0 Å². The molecule has 0 bridgehead atoms. The Labute approximate surface area is 117 Å². The third-order valence-electron chi connectivity index (χ3n) is 2.96. The quantitative estimate of drug-likeness (QED) is 0.929. The summed E-state index contributed by atoms with van der Waals surface area (Å²) in [4.78, 5) is 14.0. The molecule has 0 heterocycles. The van der Waals surface area contributed by atoms with E-state index in [4.69, 9.17) is 5.26 Å². The number of phenolic OH excluding ortho intramolecular Hbond substituents is 1. The van der Waals surface area contributed by atoms with E-state index in [1.54, 1.807) is 53.4 Å². The van der Waals surface area contributed by atoms with Crippen LogP contribution in [0.5, 0.6) is 5.75 Å². The van der Waals surface area contributed by atoms with Crippen LogP contribution in [0.4, 0.5) is 5.69 Å². The number of benzene rings is 2. The molecule has 0 spiro atoms. The minimum atomic E-state index is -0.164. The number of carbonyl (C=O) groups is 1. The lowest BCUT2D eigenvalue weighted by molar-refractivity contribution is 0.0988. The number of nitrogens with zero attached hydrogens (tertiary/aromatic N) is 2. The van der Waals surface area contributed by atoms with Gasteiger partial charge in [0.1, 0.15) is 5.75 Å². The van der Waals surface area contributed by atoms with Gasteiger partial charge in [0.2, 0.25) is 0 Å². The van der Waals surface area contributed by atoms with Crippen LogP contribution in [-0.4, -0.2) is 17.6 Å². The molecule has 2 rings (SSSR count). The van der Waals surface area contributed by atoms with Crippen LogP contribution in [0.3, 0.4) is 0 Å². The lowest BCUT2D eigenvalue weighted by Gasteiger charge is -2.21. The molecule has 0 aliphatic rings. The molecule has 100 valence electrons. The van der Waals surface area contributed by atoms with Gasteiger partial charge in [0.15, 0.2) is 0 Å². The molecule has 4 heteroatoms. The molecule has 0 aromatic heterocycles. The molecule has 20 heavy (non-hydrogen) atoms. The summed E-state index contributed by atoms with van der Waals surface area (Å²) in [6.07, 6.45) is 0. The molecule has 0 aliphatic heterocycles. The van der Waals surface area contributed by atoms with Crippen molar-refractivity contribution in [3.8, 4) is 11.8 Å². The summed E-state index contributed by atoms with van der Waals surface area (Å²) in [6.45, 7) is 2.36. The lowest BCUT2D eigenvalue weighted by Crippen LogP contribution is -2.30. The van der Waals surface area contributed by atoms with Crippen LogP contribution in [-0.2, 0) is 0 Å². The largest absolute Gasteiger partial charge is 0.508 e. The number of hydrogen-bond acceptors (Lipinski definition) is 3. The van der Waals surface area contributed by atoms with Gasteiger partial charge in [0.25, 0.3) is 5.91 Å². The van der Waals surface area contributed by atoms with Crippen LogP contribution >= 0.6 is 0 Å². The molecule has 0 atom stereocenters. The minimum absolute atomic E-state index is 0.119. The van der Waals surface area contributed by atoms with Crippen molar-refractivity contribution in [1.82, 2.24) is 0 Å². The van der Waals surface area contributed by atoms with Crippen LogP contribution in [0.2, 0.25) is 0 Å². The zero-order chi connectivity index (χ0) is 14.5. The molecular weight excluding hydrogens is 252 g/mol. The molecule has 0 aliphatic carbocycles. The molecule has 1 N–H and O–H groups in total. The van der Waals surface area contributed by atoms with Crippen LogP contribution in [0.1, 0.15) is 22.8 Å². The fourth-order valence-electron chi connectivity index (χ4n) is 1.95. The van der Waals surface area contributed by atoms with E-state index >= 15 is 0 Å². The van der Waals surface area contributed by atoms with Crippen LogP contribution in [0.15, 0.2) is 48.5 Å². The fourth-order valence-corrected chi connectivity index (χ4v) is 1.95. The Balaban J connectivity index is 2.31. The maximum atomic E-state index is 12.4. The minimum Gasteiger partial charge on any atom is -0.508 e. The van der Waals surface area contributed by atoms with E-state index in [0.29, 0.717) is 23.4 Å². The van der Waals surface area contributed by atoms with E-state index < -0.39 is 0 Å². The summed E-state index contributed by atoms with van der Waals surface area (Å²) in [5.74, 6) is -0.0452. The van der Waals surface area contributed by atoms with Gasteiger partial charge in [-0.3, -0.25) is 4.79 Å². The van der Waals surface area contributed by atoms with Gasteiger partial charge in [-0.2, -0.15) is 5.26 Å². The van der Waals surface area contributed by atoms with Gasteiger partial charge in [-0.05, 0) is 43.3 Å². The van der Waals surface area contributed by atoms with Crippen molar-refractivity contribution >= 4 is 11.6 Å². The maximum absolute atomic E-state index is 12.4. The highest BCUT2D eigenvalue weighted by Gasteiger charge is 2.16. The van der Waals surface area contributed by atoms with E-state index in [2.05, 4.69) is 0 Å². The molecule has 1 amide bonds. The molecule has 2 aromatic rings.